The van der Waals surface area contributed by atoms with E-state index in [1.807, 2.05) is 0 Å². The van der Waals surface area contributed by atoms with Crippen molar-refractivity contribution in [2.75, 3.05) is 14.2 Å². The first-order chi connectivity index (χ1) is 9.49. The van der Waals surface area contributed by atoms with E-state index in [1.165, 1.54) is 20.5 Å². The summed E-state index contributed by atoms with van der Waals surface area (Å²) < 4.78 is 10.3. The Morgan fingerprint density at radius 2 is 2.05 bits per heavy atom. The highest BCUT2D eigenvalue weighted by molar-refractivity contribution is 7.20. The molecule has 2 heterocycles. The third-order valence-corrected chi connectivity index (χ3v) is 4.00. The molecular weight excluding hydrogens is 284 g/mol. The van der Waals surface area contributed by atoms with Crippen LogP contribution in [0.3, 0.4) is 0 Å². The minimum atomic E-state index is -0.547. The molecule has 2 aromatic rings. The van der Waals surface area contributed by atoms with Gasteiger partial charge in [-0.3, -0.25) is 14.2 Å². The SMILES string of the molecule is COC(=O)Cn1cnc2sc(C(=O)OC)c(C)c2c1=O. The Labute approximate surface area is 117 Å². The molecular formula is C12H12N2O5S. The van der Waals surface area contributed by atoms with E-state index < -0.39 is 11.9 Å². The zero-order valence-electron chi connectivity index (χ0n) is 11.1. The molecule has 2 rings (SSSR count). The van der Waals surface area contributed by atoms with Gasteiger partial charge in [0.1, 0.15) is 16.3 Å². The van der Waals surface area contributed by atoms with Crippen LogP contribution in [0.25, 0.3) is 10.2 Å². The molecule has 0 unspecified atom stereocenters. The smallest absolute Gasteiger partial charge is 0.348 e. The Kier molecular flexibility index (Phi) is 3.84. The third-order valence-electron chi connectivity index (χ3n) is 2.82. The van der Waals surface area contributed by atoms with Gasteiger partial charge in [0, 0.05) is 0 Å². The number of carbonyl (C=O) groups excluding carboxylic acids is 2. The topological polar surface area (TPSA) is 87.5 Å². The molecule has 0 aliphatic carbocycles. The molecule has 0 fully saturated rings. The number of thiophene rings is 1. The van der Waals surface area contributed by atoms with Crippen LogP contribution in [-0.2, 0) is 20.8 Å². The van der Waals surface area contributed by atoms with E-state index in [2.05, 4.69) is 14.5 Å². The van der Waals surface area contributed by atoms with Crippen molar-refractivity contribution < 1.29 is 19.1 Å². The molecule has 0 aromatic carbocycles. The van der Waals surface area contributed by atoms with Crippen LogP contribution in [0.5, 0.6) is 0 Å². The second kappa shape index (κ2) is 5.41. The van der Waals surface area contributed by atoms with Crippen molar-refractivity contribution >= 4 is 33.5 Å². The van der Waals surface area contributed by atoms with Crippen LogP contribution in [-0.4, -0.2) is 35.7 Å². The van der Waals surface area contributed by atoms with Gasteiger partial charge in [-0.1, -0.05) is 0 Å². The molecule has 0 saturated heterocycles. The molecule has 0 N–H and O–H groups in total. The lowest BCUT2D eigenvalue weighted by Gasteiger charge is -2.03. The van der Waals surface area contributed by atoms with E-state index in [9.17, 15) is 14.4 Å². The van der Waals surface area contributed by atoms with Crippen molar-refractivity contribution in [1.82, 2.24) is 9.55 Å². The van der Waals surface area contributed by atoms with Gasteiger partial charge in [-0.05, 0) is 12.5 Å². The number of ether oxygens (including phenoxy) is 2. The number of hydrogen-bond donors (Lipinski definition) is 0. The van der Waals surface area contributed by atoms with Crippen LogP contribution in [0.2, 0.25) is 0 Å². The molecule has 0 atom stereocenters. The van der Waals surface area contributed by atoms with E-state index in [0.29, 0.717) is 20.7 Å². The van der Waals surface area contributed by atoms with Crippen molar-refractivity contribution in [3.05, 3.63) is 27.1 Å². The summed E-state index contributed by atoms with van der Waals surface area (Å²) in [6, 6.07) is 0. The molecule has 20 heavy (non-hydrogen) atoms. The van der Waals surface area contributed by atoms with E-state index >= 15 is 0 Å². The molecule has 0 spiro atoms. The van der Waals surface area contributed by atoms with Crippen molar-refractivity contribution in [2.45, 2.75) is 13.5 Å². The first-order valence-electron chi connectivity index (χ1n) is 5.63. The fourth-order valence-electron chi connectivity index (χ4n) is 1.76. The van der Waals surface area contributed by atoms with Crippen LogP contribution in [0, 0.1) is 6.92 Å². The van der Waals surface area contributed by atoms with Crippen molar-refractivity contribution in [3.8, 4) is 0 Å². The summed E-state index contributed by atoms with van der Waals surface area (Å²) in [6.45, 7) is 1.43. The maximum atomic E-state index is 12.3. The van der Waals surface area contributed by atoms with Gasteiger partial charge in [0.15, 0.2) is 0 Å². The maximum Gasteiger partial charge on any atom is 0.348 e. The van der Waals surface area contributed by atoms with E-state index in [4.69, 9.17) is 0 Å². The quantitative estimate of drug-likeness (QED) is 0.776. The molecule has 106 valence electrons. The highest BCUT2D eigenvalue weighted by Gasteiger charge is 2.20. The Balaban J connectivity index is 2.61. The van der Waals surface area contributed by atoms with Crippen LogP contribution >= 0.6 is 11.3 Å². The number of fused-ring (bicyclic) bond motifs is 1. The summed E-state index contributed by atoms with van der Waals surface area (Å²) in [4.78, 5) is 40.0. The number of rotatable bonds is 3. The van der Waals surface area contributed by atoms with Gasteiger partial charge >= 0.3 is 11.9 Å². The van der Waals surface area contributed by atoms with E-state index in [-0.39, 0.29) is 12.1 Å². The number of methoxy groups -OCH3 is 2. The fourth-order valence-corrected chi connectivity index (χ4v) is 2.82. The summed E-state index contributed by atoms with van der Waals surface area (Å²) in [7, 11) is 2.51. The lowest BCUT2D eigenvalue weighted by Crippen LogP contribution is -2.25. The second-order valence-electron chi connectivity index (χ2n) is 3.98. The standard InChI is InChI=1S/C12H12N2O5S/c1-6-8-10(20-9(6)12(17)19-3)13-5-14(11(8)16)4-7(15)18-2/h5H,4H2,1-3H3. The lowest BCUT2D eigenvalue weighted by molar-refractivity contribution is -0.141. The second-order valence-corrected chi connectivity index (χ2v) is 4.98. The molecule has 0 aliphatic heterocycles. The predicted octanol–water partition coefficient (Wildman–Crippen LogP) is 0.726. The van der Waals surface area contributed by atoms with Crippen molar-refractivity contribution in [2.24, 2.45) is 0 Å². The summed E-state index contributed by atoms with van der Waals surface area (Å²) >= 11 is 1.09. The Morgan fingerprint density at radius 3 is 2.65 bits per heavy atom. The van der Waals surface area contributed by atoms with Gasteiger partial charge in [0.05, 0.1) is 25.9 Å². The van der Waals surface area contributed by atoms with Gasteiger partial charge in [-0.15, -0.1) is 11.3 Å². The number of nitrogens with zero attached hydrogens (tertiary/aromatic N) is 2. The van der Waals surface area contributed by atoms with Crippen molar-refractivity contribution in [1.29, 1.82) is 0 Å². The highest BCUT2D eigenvalue weighted by Crippen LogP contribution is 2.27. The van der Waals surface area contributed by atoms with Gasteiger partial charge in [-0.25, -0.2) is 9.78 Å². The van der Waals surface area contributed by atoms with Gasteiger partial charge in [-0.2, -0.15) is 0 Å². The van der Waals surface area contributed by atoms with Crippen LogP contribution in [0.15, 0.2) is 11.1 Å². The van der Waals surface area contributed by atoms with Gasteiger partial charge in [0.25, 0.3) is 5.56 Å². The molecule has 2 aromatic heterocycles. The number of hydrogen-bond acceptors (Lipinski definition) is 7. The molecule has 7 nitrogen and oxygen atoms in total. The largest absolute Gasteiger partial charge is 0.468 e. The van der Waals surface area contributed by atoms with Crippen LogP contribution < -0.4 is 5.56 Å². The number of esters is 2. The zero-order valence-corrected chi connectivity index (χ0v) is 11.9. The molecule has 0 radical (unpaired) electrons. The summed E-state index contributed by atoms with van der Waals surface area (Å²) in [5.74, 6) is -1.06. The number of aromatic nitrogens is 2. The van der Waals surface area contributed by atoms with E-state index in [0.717, 1.165) is 15.9 Å². The lowest BCUT2D eigenvalue weighted by atomic mass is 10.2. The third kappa shape index (κ3) is 2.29. The van der Waals surface area contributed by atoms with Gasteiger partial charge < -0.3 is 9.47 Å². The monoisotopic (exact) mass is 296 g/mol. The normalized spacial score (nSPS) is 10.6. The fraction of sp³-hybridized carbons (Fsp3) is 0.333. The Hall–Kier alpha value is -2.22. The minimum absolute atomic E-state index is 0.221. The predicted molar refractivity (Wildman–Crippen MR) is 72.0 cm³/mol. The van der Waals surface area contributed by atoms with Crippen LogP contribution in [0.1, 0.15) is 15.2 Å². The molecule has 0 aliphatic rings. The Morgan fingerprint density at radius 1 is 1.35 bits per heavy atom. The summed E-state index contributed by atoms with van der Waals surface area (Å²) in [6.07, 6.45) is 1.26. The average molecular weight is 296 g/mol. The number of aryl methyl sites for hydroxylation is 1. The maximum absolute atomic E-state index is 12.3. The molecule has 8 heteroatoms. The average Bonchev–Trinajstić information content (AvgIpc) is 2.78. The van der Waals surface area contributed by atoms with Crippen molar-refractivity contribution in [3.63, 3.8) is 0 Å². The first kappa shape index (κ1) is 14.2. The zero-order chi connectivity index (χ0) is 14.9. The highest BCUT2D eigenvalue weighted by atomic mass is 32.1. The van der Waals surface area contributed by atoms with Gasteiger partial charge in [0.2, 0.25) is 0 Å². The molecule has 0 bridgehead atoms. The minimum Gasteiger partial charge on any atom is -0.468 e. The molecule has 0 saturated carbocycles. The number of carbonyl (C=O) groups is 2. The van der Waals surface area contributed by atoms with Crippen LogP contribution in [0.4, 0.5) is 0 Å². The summed E-state index contributed by atoms with van der Waals surface area (Å²) in [5.41, 5.74) is 0.123. The Bertz CT molecular complexity index is 746. The molecule has 0 amide bonds. The van der Waals surface area contributed by atoms with E-state index in [1.54, 1.807) is 6.92 Å². The first-order valence-corrected chi connectivity index (χ1v) is 6.45. The summed E-state index contributed by atoms with van der Waals surface area (Å²) in [5, 5.41) is 0.321.